The molecule has 58 heavy (non-hydrogen) atoms. The highest BCUT2D eigenvalue weighted by Crippen LogP contribution is 2.41. The summed E-state index contributed by atoms with van der Waals surface area (Å²) in [6, 6.07) is 24.2. The lowest BCUT2D eigenvalue weighted by Crippen LogP contribution is -2.57. The van der Waals surface area contributed by atoms with Crippen molar-refractivity contribution in [2.45, 2.75) is 78.8 Å². The van der Waals surface area contributed by atoms with Gasteiger partial charge in [0.25, 0.3) is 0 Å². The van der Waals surface area contributed by atoms with E-state index in [0.29, 0.717) is 33.9 Å². The lowest BCUT2D eigenvalue weighted by Gasteiger charge is -2.40. The van der Waals surface area contributed by atoms with Crippen LogP contribution < -0.4 is 19.5 Å². The van der Waals surface area contributed by atoms with E-state index in [1.54, 1.807) is 44.0 Å². The molecule has 0 saturated heterocycles. The van der Waals surface area contributed by atoms with Gasteiger partial charge in [-0.15, -0.1) is 0 Å². The van der Waals surface area contributed by atoms with Crippen molar-refractivity contribution in [3.63, 3.8) is 0 Å². The molecule has 300 valence electrons. The number of halogens is 2. The minimum Gasteiger partial charge on any atom is -0.489 e. The molecular weight excluding hydrogens is 777 g/mol. The molecule has 7 rings (SSSR count). The van der Waals surface area contributed by atoms with E-state index >= 15 is 0 Å². The number of hydrogen-bond donors (Lipinski definition) is 2. The van der Waals surface area contributed by atoms with Crippen LogP contribution in [0.3, 0.4) is 0 Å². The van der Waals surface area contributed by atoms with Crippen molar-refractivity contribution in [3.05, 3.63) is 140 Å². The van der Waals surface area contributed by atoms with E-state index in [0.717, 1.165) is 50.2 Å². The average molecular weight is 823 g/mol. The molecule has 0 saturated carbocycles. The van der Waals surface area contributed by atoms with Gasteiger partial charge in [0.05, 0.1) is 10.0 Å². The number of nitrogens with one attached hydrogen (secondary N) is 1. The second-order valence-corrected chi connectivity index (χ2v) is 16.7. The standard InChI is InChI=1S/C46H45Cl2N3O7/c1-26-27(2)49-17-16-35(26)30-9-6-28(7-10-30)19-38(44(53)54)50-43(52)39-20-32-21-40-41(22-33(32)23-51(39)45(55)46(3,4)5)58-42(25-57-40)31-11-13-34(14-12-31)56-24-29-8-15-36(47)37(48)18-29/h6-18,21-22,38-39,42H,19-20,23-25H2,1-5H3,(H,50,52)(H,53,54)/t38?,39-,42+/m0/s1. The van der Waals surface area contributed by atoms with Gasteiger partial charge in [-0.1, -0.05) is 86.4 Å². The predicted molar refractivity (Wildman–Crippen MR) is 222 cm³/mol. The number of fused-ring (bicyclic) bond motifs is 2. The number of carbonyl (C=O) groups is 3. The summed E-state index contributed by atoms with van der Waals surface area (Å²) in [5.41, 5.74) is 7.45. The van der Waals surface area contributed by atoms with Crippen molar-refractivity contribution in [1.29, 1.82) is 0 Å². The molecule has 5 aromatic rings. The van der Waals surface area contributed by atoms with Crippen molar-refractivity contribution >= 4 is 41.0 Å². The first-order valence-corrected chi connectivity index (χ1v) is 19.9. The first-order valence-electron chi connectivity index (χ1n) is 19.1. The largest absolute Gasteiger partial charge is 0.489 e. The van der Waals surface area contributed by atoms with Crippen molar-refractivity contribution in [1.82, 2.24) is 15.2 Å². The number of aliphatic carboxylic acids is 1. The molecule has 0 bridgehead atoms. The van der Waals surface area contributed by atoms with Gasteiger partial charge in [0.1, 0.15) is 31.0 Å². The molecular formula is C46H45Cl2N3O7. The van der Waals surface area contributed by atoms with E-state index in [1.807, 2.05) is 86.6 Å². The first-order chi connectivity index (χ1) is 27.6. The summed E-state index contributed by atoms with van der Waals surface area (Å²) in [6.45, 7) is 10.1. The monoisotopic (exact) mass is 821 g/mol. The molecule has 3 atom stereocenters. The Morgan fingerprint density at radius 2 is 1.62 bits per heavy atom. The van der Waals surface area contributed by atoms with Crippen LogP contribution >= 0.6 is 23.2 Å². The number of carbonyl (C=O) groups excluding carboxylic acids is 2. The van der Waals surface area contributed by atoms with Crippen LogP contribution in [0.15, 0.2) is 91.1 Å². The Bertz CT molecular complexity index is 2360. The summed E-state index contributed by atoms with van der Waals surface area (Å²) in [5, 5.41) is 13.9. The predicted octanol–water partition coefficient (Wildman–Crippen LogP) is 8.88. The van der Waals surface area contributed by atoms with Crippen LogP contribution in [-0.2, 0) is 40.4 Å². The highest BCUT2D eigenvalue weighted by molar-refractivity contribution is 6.42. The number of ether oxygens (including phenoxy) is 3. The number of rotatable bonds is 10. The van der Waals surface area contributed by atoms with Crippen LogP contribution in [0.5, 0.6) is 17.2 Å². The molecule has 10 nitrogen and oxygen atoms in total. The van der Waals surface area contributed by atoms with E-state index in [2.05, 4.69) is 10.3 Å². The highest BCUT2D eigenvalue weighted by atomic mass is 35.5. The minimum absolute atomic E-state index is 0.0700. The number of carboxylic acids is 1. The second-order valence-electron chi connectivity index (χ2n) is 15.9. The average Bonchev–Trinajstić information content (AvgIpc) is 3.20. The van der Waals surface area contributed by atoms with Crippen molar-refractivity contribution in [3.8, 4) is 28.4 Å². The second kappa shape index (κ2) is 16.7. The lowest BCUT2D eigenvalue weighted by molar-refractivity contribution is -0.149. The maximum atomic E-state index is 14.1. The number of amides is 2. The lowest BCUT2D eigenvalue weighted by atomic mass is 9.88. The molecule has 1 aromatic heterocycles. The number of aromatic nitrogens is 1. The van der Waals surface area contributed by atoms with Gasteiger partial charge in [-0.3, -0.25) is 14.6 Å². The van der Waals surface area contributed by atoms with Crippen LogP contribution in [0.4, 0.5) is 0 Å². The zero-order valence-electron chi connectivity index (χ0n) is 33.0. The van der Waals surface area contributed by atoms with Gasteiger partial charge in [-0.25, -0.2) is 4.79 Å². The van der Waals surface area contributed by atoms with Gasteiger partial charge in [0.15, 0.2) is 17.6 Å². The number of aryl methyl sites for hydroxylation is 1. The maximum absolute atomic E-state index is 14.1. The third-order valence-corrected chi connectivity index (χ3v) is 11.4. The third kappa shape index (κ3) is 8.93. The SMILES string of the molecule is Cc1nccc(-c2ccc(CC(NC(=O)[C@@H]3Cc4cc5c(cc4CN3C(=O)C(C)(C)C)O[C@@H](c3ccc(OCc4ccc(Cl)c(Cl)c4)cc3)CO5)C(=O)O)cc2)c1C. The Balaban J connectivity index is 1.05. The summed E-state index contributed by atoms with van der Waals surface area (Å²) in [5.74, 6) is -0.171. The van der Waals surface area contributed by atoms with Gasteiger partial charge in [-0.2, -0.15) is 0 Å². The summed E-state index contributed by atoms with van der Waals surface area (Å²) in [4.78, 5) is 46.4. The summed E-state index contributed by atoms with van der Waals surface area (Å²) in [6.07, 6.45) is 1.63. The number of benzene rings is 4. The Kier molecular flexibility index (Phi) is 11.7. The minimum atomic E-state index is -1.21. The molecule has 2 aliphatic rings. The van der Waals surface area contributed by atoms with Gasteiger partial charge in [-0.05, 0) is 101 Å². The number of nitrogens with zero attached hydrogens (tertiary/aromatic N) is 2. The van der Waals surface area contributed by atoms with Crippen molar-refractivity contribution in [2.75, 3.05) is 6.61 Å². The van der Waals surface area contributed by atoms with Gasteiger partial charge in [0.2, 0.25) is 11.8 Å². The number of hydrogen-bond acceptors (Lipinski definition) is 7. The van der Waals surface area contributed by atoms with Gasteiger partial charge in [0, 0.05) is 36.7 Å². The van der Waals surface area contributed by atoms with Crippen LogP contribution in [0.2, 0.25) is 10.0 Å². The van der Waals surface area contributed by atoms with E-state index in [1.165, 1.54) is 0 Å². The molecule has 0 aliphatic carbocycles. The van der Waals surface area contributed by atoms with Crippen LogP contribution in [0.1, 0.15) is 65.9 Å². The van der Waals surface area contributed by atoms with Crippen molar-refractivity contribution in [2.24, 2.45) is 5.41 Å². The van der Waals surface area contributed by atoms with Crippen LogP contribution in [0.25, 0.3) is 11.1 Å². The van der Waals surface area contributed by atoms with E-state index < -0.39 is 35.5 Å². The third-order valence-electron chi connectivity index (χ3n) is 10.7. The van der Waals surface area contributed by atoms with E-state index in [4.69, 9.17) is 37.4 Å². The smallest absolute Gasteiger partial charge is 0.326 e. The maximum Gasteiger partial charge on any atom is 0.326 e. The Labute approximate surface area is 348 Å². The molecule has 0 fully saturated rings. The normalized spacial score (nSPS) is 16.6. The first kappa shape index (κ1) is 40.6. The zero-order chi connectivity index (χ0) is 41.3. The molecule has 2 amide bonds. The molecule has 4 aromatic carbocycles. The zero-order valence-corrected chi connectivity index (χ0v) is 34.5. The fraction of sp³-hybridized carbons (Fsp3) is 0.304. The summed E-state index contributed by atoms with van der Waals surface area (Å²) in [7, 11) is 0. The molecule has 2 aliphatic heterocycles. The van der Waals surface area contributed by atoms with Crippen LogP contribution in [-0.4, -0.2) is 51.5 Å². The van der Waals surface area contributed by atoms with E-state index in [9.17, 15) is 19.5 Å². The van der Waals surface area contributed by atoms with Crippen molar-refractivity contribution < 1.29 is 33.7 Å². The molecule has 1 unspecified atom stereocenters. The number of carboxylic acid groups (broad SMARTS) is 1. The quantitative estimate of drug-likeness (QED) is 0.143. The molecule has 0 radical (unpaired) electrons. The molecule has 2 N–H and O–H groups in total. The topological polar surface area (TPSA) is 127 Å². The molecule has 3 heterocycles. The summed E-state index contributed by atoms with van der Waals surface area (Å²) < 4.78 is 18.6. The highest BCUT2D eigenvalue weighted by Gasteiger charge is 2.41. The van der Waals surface area contributed by atoms with E-state index in [-0.39, 0.29) is 31.9 Å². The Hall–Kier alpha value is -5.58. The number of pyridine rings is 1. The fourth-order valence-electron chi connectivity index (χ4n) is 7.25. The van der Waals surface area contributed by atoms with Crippen LogP contribution in [0, 0.1) is 19.3 Å². The fourth-order valence-corrected chi connectivity index (χ4v) is 7.57. The van der Waals surface area contributed by atoms with Gasteiger partial charge < -0.3 is 29.5 Å². The summed E-state index contributed by atoms with van der Waals surface area (Å²) >= 11 is 12.2. The Morgan fingerprint density at radius 3 is 2.31 bits per heavy atom. The Morgan fingerprint density at radius 1 is 0.914 bits per heavy atom. The molecule has 0 spiro atoms. The molecule has 12 heteroatoms. The van der Waals surface area contributed by atoms with Gasteiger partial charge >= 0.3 is 5.97 Å².